The Morgan fingerprint density at radius 3 is 2.79 bits per heavy atom. The van der Waals surface area contributed by atoms with E-state index in [0.717, 1.165) is 25.2 Å². The molecule has 1 aliphatic rings. The van der Waals surface area contributed by atoms with Gasteiger partial charge in [-0.1, -0.05) is 0 Å². The van der Waals surface area contributed by atoms with Crippen molar-refractivity contribution in [2.45, 2.75) is 12.5 Å². The molecule has 1 amide bonds. The highest BCUT2D eigenvalue weighted by molar-refractivity contribution is 6.05. The molecule has 1 fully saturated rings. The number of benzene rings is 2. The first-order chi connectivity index (χ1) is 15.9. The van der Waals surface area contributed by atoms with Gasteiger partial charge in [-0.15, -0.1) is 0 Å². The number of phenolic OH excluding ortho intramolecular Hbond substituents is 1. The molecule has 4 aromatic rings. The first-order valence-corrected chi connectivity index (χ1v) is 10.7. The fraction of sp³-hybridized carbons (Fsp3) is 0.304. The Balaban J connectivity index is 1.67. The standard InChI is InChI=1S/C23H24FN7O2/c1-25-13-6-7-31(11-13)14-4-5-17-15(9-14)20(23(33)26-2)28-22(27-17)16-8-12-10-30(3)29-19(12)18(24)21(16)32/h4-5,8-10,13,25,32H,6-7,11H2,1-3H3,(H,26,33)/t13-/m0/s1. The summed E-state index contributed by atoms with van der Waals surface area (Å²) in [6.45, 7) is 1.78. The number of aryl methyl sites for hydroxylation is 1. The maximum Gasteiger partial charge on any atom is 0.270 e. The number of aromatic hydroxyl groups is 1. The quantitative estimate of drug-likeness (QED) is 0.438. The molecule has 170 valence electrons. The minimum atomic E-state index is -0.850. The molecule has 10 heteroatoms. The van der Waals surface area contributed by atoms with Gasteiger partial charge in [0.1, 0.15) is 11.2 Å². The number of aromatic nitrogens is 4. The van der Waals surface area contributed by atoms with E-state index in [2.05, 4.69) is 30.6 Å². The van der Waals surface area contributed by atoms with Crippen LogP contribution in [-0.2, 0) is 7.05 Å². The Bertz CT molecular complexity index is 1400. The summed E-state index contributed by atoms with van der Waals surface area (Å²) in [6, 6.07) is 7.68. The van der Waals surface area contributed by atoms with Crippen LogP contribution in [0.15, 0.2) is 30.5 Å². The second-order valence-corrected chi connectivity index (χ2v) is 8.22. The number of carbonyl (C=O) groups excluding carboxylic acids is 1. The molecule has 3 N–H and O–H groups in total. The highest BCUT2D eigenvalue weighted by atomic mass is 19.1. The minimum absolute atomic E-state index is 0.0567. The van der Waals surface area contributed by atoms with Crippen LogP contribution in [0, 0.1) is 5.82 Å². The number of likely N-dealkylation sites (N-methyl/N-ethyl adjacent to an activating group) is 1. The van der Waals surface area contributed by atoms with Crippen molar-refractivity contribution < 1.29 is 14.3 Å². The summed E-state index contributed by atoms with van der Waals surface area (Å²) in [6.07, 6.45) is 2.68. The number of phenols is 1. The van der Waals surface area contributed by atoms with E-state index in [1.165, 1.54) is 11.7 Å². The van der Waals surface area contributed by atoms with Crippen LogP contribution < -0.4 is 15.5 Å². The van der Waals surface area contributed by atoms with Gasteiger partial charge in [0.25, 0.3) is 5.91 Å². The zero-order valence-electron chi connectivity index (χ0n) is 18.6. The fourth-order valence-electron chi connectivity index (χ4n) is 4.36. The number of amides is 1. The summed E-state index contributed by atoms with van der Waals surface area (Å²) in [4.78, 5) is 24.0. The van der Waals surface area contributed by atoms with Crippen LogP contribution >= 0.6 is 0 Å². The van der Waals surface area contributed by atoms with Gasteiger partial charge in [0.2, 0.25) is 0 Å². The van der Waals surface area contributed by atoms with Gasteiger partial charge in [0, 0.05) is 55.9 Å². The fourth-order valence-corrected chi connectivity index (χ4v) is 4.36. The van der Waals surface area contributed by atoms with Crippen LogP contribution in [0.5, 0.6) is 5.75 Å². The lowest BCUT2D eigenvalue weighted by Gasteiger charge is -2.19. The van der Waals surface area contributed by atoms with Crippen molar-refractivity contribution in [3.8, 4) is 17.1 Å². The molecule has 2 aromatic heterocycles. The molecule has 0 radical (unpaired) electrons. The maximum absolute atomic E-state index is 14.8. The van der Waals surface area contributed by atoms with E-state index in [0.29, 0.717) is 22.3 Å². The molecule has 1 saturated heterocycles. The van der Waals surface area contributed by atoms with Gasteiger partial charge < -0.3 is 20.6 Å². The van der Waals surface area contributed by atoms with Gasteiger partial charge in [-0.25, -0.2) is 14.4 Å². The molecule has 33 heavy (non-hydrogen) atoms. The van der Waals surface area contributed by atoms with E-state index in [-0.39, 0.29) is 22.6 Å². The monoisotopic (exact) mass is 449 g/mol. The molecule has 2 aromatic carbocycles. The summed E-state index contributed by atoms with van der Waals surface area (Å²) in [5.74, 6) is -1.78. The number of rotatable bonds is 4. The molecular weight excluding hydrogens is 425 g/mol. The second-order valence-electron chi connectivity index (χ2n) is 8.22. The van der Waals surface area contributed by atoms with E-state index in [4.69, 9.17) is 0 Å². The van der Waals surface area contributed by atoms with E-state index >= 15 is 0 Å². The molecule has 0 bridgehead atoms. The van der Waals surface area contributed by atoms with Crippen LogP contribution in [-0.4, -0.2) is 64.0 Å². The molecule has 9 nitrogen and oxygen atoms in total. The van der Waals surface area contributed by atoms with Crippen molar-refractivity contribution >= 4 is 33.4 Å². The minimum Gasteiger partial charge on any atom is -0.504 e. The van der Waals surface area contributed by atoms with Crippen LogP contribution in [0.2, 0.25) is 0 Å². The number of halogens is 1. The summed E-state index contributed by atoms with van der Waals surface area (Å²) >= 11 is 0. The topological polar surface area (TPSA) is 108 Å². The Morgan fingerprint density at radius 1 is 1.24 bits per heavy atom. The van der Waals surface area contributed by atoms with Gasteiger partial charge in [-0.3, -0.25) is 9.48 Å². The molecule has 0 saturated carbocycles. The Morgan fingerprint density at radius 2 is 2.06 bits per heavy atom. The summed E-state index contributed by atoms with van der Waals surface area (Å²) in [7, 11) is 5.15. The van der Waals surface area contributed by atoms with Crippen LogP contribution in [0.4, 0.5) is 10.1 Å². The second kappa shape index (κ2) is 7.96. The predicted molar refractivity (Wildman–Crippen MR) is 124 cm³/mol. The van der Waals surface area contributed by atoms with Gasteiger partial charge in [-0.2, -0.15) is 5.10 Å². The Hall–Kier alpha value is -3.79. The highest BCUT2D eigenvalue weighted by Crippen LogP contribution is 2.36. The van der Waals surface area contributed by atoms with Crippen LogP contribution in [0.25, 0.3) is 33.2 Å². The zero-order valence-corrected chi connectivity index (χ0v) is 18.6. The first kappa shape index (κ1) is 21.1. The molecular formula is C23H24FN7O2. The SMILES string of the molecule is CNC(=O)c1nc(-c2cc3cn(C)nc3c(F)c2O)nc2ccc(N3CC[C@H](NC)C3)cc12. The Kier molecular flexibility index (Phi) is 5.09. The van der Waals surface area contributed by atoms with Crippen molar-refractivity contribution in [1.29, 1.82) is 0 Å². The van der Waals surface area contributed by atoms with E-state index < -0.39 is 17.5 Å². The van der Waals surface area contributed by atoms with Crippen molar-refractivity contribution in [3.05, 3.63) is 42.0 Å². The van der Waals surface area contributed by atoms with Gasteiger partial charge in [0.05, 0.1) is 11.1 Å². The number of hydrogen-bond acceptors (Lipinski definition) is 7. The maximum atomic E-state index is 14.8. The lowest BCUT2D eigenvalue weighted by atomic mass is 10.1. The van der Waals surface area contributed by atoms with Gasteiger partial charge in [-0.05, 0) is 37.7 Å². The highest BCUT2D eigenvalue weighted by Gasteiger charge is 2.24. The average molecular weight is 449 g/mol. The molecule has 1 atom stereocenters. The normalized spacial score (nSPS) is 16.1. The Labute approximate surface area is 189 Å². The van der Waals surface area contributed by atoms with Crippen LogP contribution in [0.3, 0.4) is 0 Å². The van der Waals surface area contributed by atoms with Crippen molar-refractivity contribution in [2.75, 3.05) is 32.1 Å². The van der Waals surface area contributed by atoms with E-state index in [1.807, 2.05) is 25.2 Å². The van der Waals surface area contributed by atoms with Crippen molar-refractivity contribution in [3.63, 3.8) is 0 Å². The lowest BCUT2D eigenvalue weighted by molar-refractivity contribution is 0.0960. The van der Waals surface area contributed by atoms with Crippen molar-refractivity contribution in [1.82, 2.24) is 30.4 Å². The third-order valence-electron chi connectivity index (χ3n) is 6.15. The molecule has 0 aliphatic carbocycles. The molecule has 1 aliphatic heterocycles. The van der Waals surface area contributed by atoms with Gasteiger partial charge >= 0.3 is 0 Å². The number of anilines is 1. The predicted octanol–water partition coefficient (Wildman–Crippen LogP) is 2.19. The molecule has 3 heterocycles. The average Bonchev–Trinajstić information content (AvgIpc) is 3.46. The summed E-state index contributed by atoms with van der Waals surface area (Å²) in [5.41, 5.74) is 1.82. The summed E-state index contributed by atoms with van der Waals surface area (Å²) in [5, 5.41) is 21.6. The van der Waals surface area contributed by atoms with Crippen molar-refractivity contribution in [2.24, 2.45) is 7.05 Å². The largest absolute Gasteiger partial charge is 0.504 e. The lowest BCUT2D eigenvalue weighted by Crippen LogP contribution is -2.29. The third-order valence-corrected chi connectivity index (χ3v) is 6.15. The van der Waals surface area contributed by atoms with E-state index in [9.17, 15) is 14.3 Å². The number of nitrogens with one attached hydrogen (secondary N) is 2. The van der Waals surface area contributed by atoms with E-state index in [1.54, 1.807) is 19.3 Å². The first-order valence-electron chi connectivity index (χ1n) is 10.7. The molecule has 0 spiro atoms. The summed E-state index contributed by atoms with van der Waals surface area (Å²) < 4.78 is 16.3. The number of nitrogens with zero attached hydrogens (tertiary/aromatic N) is 5. The number of carbonyl (C=O) groups is 1. The number of fused-ring (bicyclic) bond motifs is 2. The van der Waals surface area contributed by atoms with Gasteiger partial charge in [0.15, 0.2) is 17.4 Å². The smallest absolute Gasteiger partial charge is 0.270 e. The van der Waals surface area contributed by atoms with Crippen LogP contribution in [0.1, 0.15) is 16.9 Å². The molecule has 0 unspecified atom stereocenters. The third kappa shape index (κ3) is 3.52. The zero-order chi connectivity index (χ0) is 23.3. The molecule has 5 rings (SSSR count). The number of hydrogen-bond donors (Lipinski definition) is 3.